The number of carbonyl (C=O) groups excluding carboxylic acids is 2. The van der Waals surface area contributed by atoms with E-state index in [2.05, 4.69) is 5.32 Å². The van der Waals surface area contributed by atoms with Crippen LogP contribution >= 0.6 is 11.8 Å². The van der Waals surface area contributed by atoms with E-state index in [0.717, 1.165) is 22.9 Å². The lowest BCUT2D eigenvalue weighted by Crippen LogP contribution is -2.38. The van der Waals surface area contributed by atoms with Crippen LogP contribution in [0.3, 0.4) is 0 Å². The number of likely N-dealkylation sites (N-methyl/N-ethyl adjacent to an activating group) is 1. The molecule has 120 valence electrons. The second-order valence-electron chi connectivity index (χ2n) is 6.73. The number of thioether (sulfide) groups is 1. The maximum absolute atomic E-state index is 12.4. The predicted molar refractivity (Wildman–Crippen MR) is 91.2 cm³/mol. The number of hydrogen-bond donors (Lipinski definition) is 1. The summed E-state index contributed by atoms with van der Waals surface area (Å²) in [5.74, 6) is 1.19. The fourth-order valence-electron chi connectivity index (χ4n) is 4.11. The summed E-state index contributed by atoms with van der Waals surface area (Å²) >= 11 is 1.38. The van der Waals surface area contributed by atoms with Crippen LogP contribution < -0.4 is 10.2 Å². The Morgan fingerprint density at radius 2 is 2.13 bits per heavy atom. The first-order valence-corrected chi connectivity index (χ1v) is 9.00. The molecule has 0 radical (unpaired) electrons. The smallest absolute Gasteiger partial charge is 0.265 e. The first-order valence-electron chi connectivity index (χ1n) is 8.19. The Balaban J connectivity index is 1.50. The third-order valence-corrected chi connectivity index (χ3v) is 6.37. The summed E-state index contributed by atoms with van der Waals surface area (Å²) in [6, 6.07) is 8.06. The van der Waals surface area contributed by atoms with E-state index in [1.54, 1.807) is 11.9 Å². The van der Waals surface area contributed by atoms with Gasteiger partial charge in [0.2, 0.25) is 5.91 Å². The van der Waals surface area contributed by atoms with Crippen LogP contribution in [0.25, 0.3) is 0 Å². The first kappa shape index (κ1) is 14.8. The van der Waals surface area contributed by atoms with Crippen molar-refractivity contribution in [1.29, 1.82) is 0 Å². The molecule has 2 bridgehead atoms. The fraction of sp³-hybridized carbons (Fsp3) is 0.444. The lowest BCUT2D eigenvalue weighted by Gasteiger charge is -2.27. The number of carbonyl (C=O) groups is 2. The van der Waals surface area contributed by atoms with Crippen molar-refractivity contribution in [2.75, 3.05) is 11.9 Å². The summed E-state index contributed by atoms with van der Waals surface area (Å²) in [4.78, 5) is 27.9. The highest BCUT2D eigenvalue weighted by molar-refractivity contribution is 8.04. The molecule has 3 aliphatic rings. The van der Waals surface area contributed by atoms with Crippen molar-refractivity contribution in [3.63, 3.8) is 0 Å². The molecule has 1 heterocycles. The molecule has 23 heavy (non-hydrogen) atoms. The molecule has 3 atom stereocenters. The molecule has 4 rings (SSSR count). The molecular weight excluding hydrogens is 308 g/mol. The minimum atomic E-state index is -0.133. The van der Waals surface area contributed by atoms with Crippen LogP contribution in [0.1, 0.15) is 25.7 Å². The lowest BCUT2D eigenvalue weighted by molar-refractivity contribution is -0.118. The molecule has 2 saturated carbocycles. The molecule has 3 unspecified atom stereocenters. The van der Waals surface area contributed by atoms with Crippen LogP contribution in [0.4, 0.5) is 5.69 Å². The van der Waals surface area contributed by atoms with Gasteiger partial charge in [0.1, 0.15) is 0 Å². The average Bonchev–Trinajstić information content (AvgIpc) is 3.15. The van der Waals surface area contributed by atoms with Gasteiger partial charge in [0.25, 0.3) is 5.91 Å². The molecule has 0 spiro atoms. The Kier molecular flexibility index (Phi) is 3.68. The molecule has 1 N–H and O–H groups in total. The van der Waals surface area contributed by atoms with Crippen molar-refractivity contribution in [1.82, 2.24) is 5.32 Å². The lowest BCUT2D eigenvalue weighted by atomic mass is 9.95. The molecule has 4 nitrogen and oxygen atoms in total. The molecule has 1 aliphatic heterocycles. The van der Waals surface area contributed by atoms with Gasteiger partial charge in [-0.15, -0.1) is 0 Å². The van der Waals surface area contributed by atoms with Crippen LogP contribution in [0.2, 0.25) is 0 Å². The summed E-state index contributed by atoms with van der Waals surface area (Å²) in [5.41, 5.74) is 0.896. The number of rotatable bonds is 2. The summed E-state index contributed by atoms with van der Waals surface area (Å²) in [6.45, 7) is 0. The van der Waals surface area contributed by atoms with Gasteiger partial charge in [-0.3, -0.25) is 9.59 Å². The average molecular weight is 328 g/mol. The van der Waals surface area contributed by atoms with Crippen LogP contribution in [0.15, 0.2) is 40.1 Å². The van der Waals surface area contributed by atoms with Gasteiger partial charge in [0.05, 0.1) is 10.6 Å². The van der Waals surface area contributed by atoms with Gasteiger partial charge in [-0.25, -0.2) is 0 Å². The zero-order chi connectivity index (χ0) is 16.0. The van der Waals surface area contributed by atoms with Gasteiger partial charge in [-0.2, -0.15) is 0 Å². The summed E-state index contributed by atoms with van der Waals surface area (Å²) < 4.78 is 0. The minimum absolute atomic E-state index is 0.114. The second-order valence-corrected chi connectivity index (χ2v) is 7.82. The number of nitrogens with one attached hydrogen (secondary N) is 1. The van der Waals surface area contributed by atoms with E-state index in [1.807, 2.05) is 24.3 Å². The SMILES string of the molecule is CN1C(=O)/C(=C\C(=O)NC2CC3CCC2C3)Sc2ccccc21. The van der Waals surface area contributed by atoms with Crippen molar-refractivity contribution in [3.05, 3.63) is 35.2 Å². The highest BCUT2D eigenvalue weighted by atomic mass is 32.2. The maximum Gasteiger partial charge on any atom is 0.265 e. The Labute approximate surface area is 140 Å². The molecule has 2 fully saturated rings. The van der Waals surface area contributed by atoms with E-state index < -0.39 is 0 Å². The van der Waals surface area contributed by atoms with E-state index in [4.69, 9.17) is 0 Å². The van der Waals surface area contributed by atoms with Crippen molar-refractivity contribution in [3.8, 4) is 0 Å². The largest absolute Gasteiger partial charge is 0.349 e. The van der Waals surface area contributed by atoms with E-state index in [-0.39, 0.29) is 11.8 Å². The van der Waals surface area contributed by atoms with Gasteiger partial charge in [-0.1, -0.05) is 30.3 Å². The van der Waals surface area contributed by atoms with Crippen LogP contribution in [-0.2, 0) is 9.59 Å². The molecular formula is C18H20N2O2S. The Hall–Kier alpha value is -1.75. The topological polar surface area (TPSA) is 49.4 Å². The molecule has 1 aromatic rings. The Morgan fingerprint density at radius 1 is 1.30 bits per heavy atom. The van der Waals surface area contributed by atoms with Gasteiger partial charge >= 0.3 is 0 Å². The fourth-order valence-corrected chi connectivity index (χ4v) is 5.20. The van der Waals surface area contributed by atoms with Crippen molar-refractivity contribution < 1.29 is 9.59 Å². The standard InChI is InChI=1S/C18H20N2O2S/c1-20-14-4-2-3-5-15(14)23-16(18(20)22)10-17(21)19-13-9-11-6-7-12(13)8-11/h2-5,10-13H,6-9H2,1H3,(H,19,21)/b16-10+. The summed E-state index contributed by atoms with van der Waals surface area (Å²) in [6.07, 6.45) is 6.38. The quantitative estimate of drug-likeness (QED) is 0.849. The predicted octanol–water partition coefficient (Wildman–Crippen LogP) is 2.94. The van der Waals surface area contributed by atoms with Gasteiger partial charge in [-0.05, 0) is 43.2 Å². The molecule has 2 aliphatic carbocycles. The second kappa shape index (κ2) is 5.71. The highest BCUT2D eigenvalue weighted by Gasteiger charge is 2.40. The number of amides is 2. The van der Waals surface area contributed by atoms with Gasteiger partial charge < -0.3 is 10.2 Å². The third kappa shape index (κ3) is 2.67. The van der Waals surface area contributed by atoms with Crippen molar-refractivity contribution >= 4 is 29.3 Å². The van der Waals surface area contributed by atoms with Gasteiger partial charge in [0.15, 0.2) is 0 Å². The van der Waals surface area contributed by atoms with E-state index >= 15 is 0 Å². The number of anilines is 1. The molecule has 1 aromatic carbocycles. The van der Waals surface area contributed by atoms with E-state index in [1.165, 1.54) is 37.1 Å². The zero-order valence-corrected chi connectivity index (χ0v) is 13.9. The Morgan fingerprint density at radius 3 is 2.87 bits per heavy atom. The summed E-state index contributed by atoms with van der Waals surface area (Å²) in [5, 5.41) is 3.12. The maximum atomic E-state index is 12.4. The van der Waals surface area contributed by atoms with Crippen molar-refractivity contribution in [2.24, 2.45) is 11.8 Å². The molecule has 0 aromatic heterocycles. The number of para-hydroxylation sites is 1. The van der Waals surface area contributed by atoms with E-state index in [9.17, 15) is 9.59 Å². The van der Waals surface area contributed by atoms with E-state index in [0.29, 0.717) is 16.9 Å². The van der Waals surface area contributed by atoms with Gasteiger partial charge in [0, 0.05) is 24.1 Å². The zero-order valence-electron chi connectivity index (χ0n) is 13.1. The number of fused-ring (bicyclic) bond motifs is 3. The minimum Gasteiger partial charge on any atom is -0.349 e. The third-order valence-electron chi connectivity index (χ3n) is 5.29. The normalized spacial score (nSPS) is 30.7. The van der Waals surface area contributed by atoms with Crippen LogP contribution in [-0.4, -0.2) is 24.9 Å². The number of nitrogens with zero attached hydrogens (tertiary/aromatic N) is 1. The highest BCUT2D eigenvalue weighted by Crippen LogP contribution is 2.44. The number of hydrogen-bond acceptors (Lipinski definition) is 3. The summed E-state index contributed by atoms with van der Waals surface area (Å²) in [7, 11) is 1.75. The first-order chi connectivity index (χ1) is 11.1. The Bertz CT molecular complexity index is 700. The van der Waals surface area contributed by atoms with Crippen LogP contribution in [0, 0.1) is 11.8 Å². The number of benzene rings is 1. The molecule has 0 saturated heterocycles. The van der Waals surface area contributed by atoms with Crippen molar-refractivity contribution in [2.45, 2.75) is 36.6 Å². The molecule has 2 amide bonds. The molecule has 5 heteroatoms. The monoisotopic (exact) mass is 328 g/mol. The van der Waals surface area contributed by atoms with Crippen LogP contribution in [0.5, 0.6) is 0 Å².